The number of rotatable bonds is 9. The number of nitrogens with zero attached hydrogens (tertiary/aromatic N) is 6. The molecular formula is C27H37N7O2. The van der Waals surface area contributed by atoms with Gasteiger partial charge in [0.15, 0.2) is 5.69 Å². The zero-order valence-electron chi connectivity index (χ0n) is 22.2. The van der Waals surface area contributed by atoms with Crippen LogP contribution in [0.15, 0.2) is 23.5 Å². The van der Waals surface area contributed by atoms with Crippen molar-refractivity contribution in [2.45, 2.75) is 59.9 Å². The zero-order valence-corrected chi connectivity index (χ0v) is 22.2. The second-order valence-corrected chi connectivity index (χ2v) is 9.38. The van der Waals surface area contributed by atoms with E-state index < -0.39 is 5.97 Å². The first-order chi connectivity index (χ1) is 17.3. The highest BCUT2D eigenvalue weighted by Gasteiger charge is 2.25. The van der Waals surface area contributed by atoms with Crippen LogP contribution in [0, 0.1) is 23.2 Å². The van der Waals surface area contributed by atoms with Gasteiger partial charge in [0, 0.05) is 61.3 Å². The van der Waals surface area contributed by atoms with E-state index in [4.69, 9.17) is 4.74 Å². The molecule has 1 saturated heterocycles. The predicted molar refractivity (Wildman–Crippen MR) is 142 cm³/mol. The molecule has 1 fully saturated rings. The van der Waals surface area contributed by atoms with Crippen molar-refractivity contribution in [2.24, 2.45) is 16.8 Å². The molecule has 1 unspecified atom stereocenters. The average Bonchev–Trinajstić information content (AvgIpc) is 2.89. The molecule has 1 aliphatic rings. The molecule has 2 aromatic rings. The van der Waals surface area contributed by atoms with Gasteiger partial charge in [0.25, 0.3) is 0 Å². The first-order valence-corrected chi connectivity index (χ1v) is 12.7. The third-order valence-corrected chi connectivity index (χ3v) is 6.45. The highest BCUT2D eigenvalue weighted by Crippen LogP contribution is 2.33. The molecule has 3 heterocycles. The monoisotopic (exact) mass is 491 g/mol. The molecule has 2 aromatic heterocycles. The quantitative estimate of drug-likeness (QED) is 0.395. The van der Waals surface area contributed by atoms with Gasteiger partial charge in [-0.3, -0.25) is 4.99 Å². The Morgan fingerprint density at radius 1 is 1.25 bits per heavy atom. The first kappa shape index (κ1) is 27.1. The molecule has 0 bridgehead atoms. The van der Waals surface area contributed by atoms with Crippen LogP contribution in [0.4, 0.5) is 11.8 Å². The van der Waals surface area contributed by atoms with E-state index in [1.165, 1.54) is 0 Å². The fourth-order valence-corrected chi connectivity index (χ4v) is 4.27. The van der Waals surface area contributed by atoms with Gasteiger partial charge >= 0.3 is 5.97 Å². The largest absolute Gasteiger partial charge is 0.461 e. The molecule has 1 aliphatic heterocycles. The minimum absolute atomic E-state index is 0.0976. The Morgan fingerprint density at radius 3 is 2.44 bits per heavy atom. The fraction of sp³-hybridized carbons (Fsp3) is 0.556. The Labute approximate surface area is 214 Å². The summed E-state index contributed by atoms with van der Waals surface area (Å²) in [7, 11) is 1.77. The summed E-state index contributed by atoms with van der Waals surface area (Å²) in [6.45, 7) is 11.9. The highest BCUT2D eigenvalue weighted by molar-refractivity contribution is 6.11. The number of carbonyl (C=O) groups is 1. The molecular weight excluding hydrogens is 454 g/mol. The van der Waals surface area contributed by atoms with Gasteiger partial charge < -0.3 is 15.0 Å². The molecule has 192 valence electrons. The highest BCUT2D eigenvalue weighted by atomic mass is 16.5. The number of aromatic nitrogens is 3. The smallest absolute Gasteiger partial charge is 0.357 e. The summed E-state index contributed by atoms with van der Waals surface area (Å²) >= 11 is 0. The number of esters is 1. The zero-order chi connectivity index (χ0) is 26.2. The van der Waals surface area contributed by atoms with Crippen LogP contribution in [0.2, 0.25) is 0 Å². The number of carbonyl (C=O) groups excluding carboxylic acids is 1. The van der Waals surface area contributed by atoms with E-state index >= 15 is 0 Å². The minimum atomic E-state index is -0.477. The number of nitrogens with one attached hydrogen (secondary N) is 1. The second-order valence-electron chi connectivity index (χ2n) is 9.38. The average molecular weight is 492 g/mol. The topological polar surface area (TPSA) is 116 Å². The van der Waals surface area contributed by atoms with Crippen molar-refractivity contribution in [3.8, 4) is 17.2 Å². The van der Waals surface area contributed by atoms with E-state index in [1.54, 1.807) is 32.4 Å². The molecule has 0 amide bonds. The lowest BCUT2D eigenvalue weighted by Crippen LogP contribution is -2.34. The van der Waals surface area contributed by atoms with E-state index in [9.17, 15) is 10.1 Å². The van der Waals surface area contributed by atoms with Crippen molar-refractivity contribution in [2.75, 3.05) is 37.0 Å². The predicted octanol–water partition coefficient (Wildman–Crippen LogP) is 4.74. The van der Waals surface area contributed by atoms with Gasteiger partial charge in [0.1, 0.15) is 5.82 Å². The second kappa shape index (κ2) is 12.4. The molecule has 1 N–H and O–H groups in total. The normalized spacial score (nSPS) is 15.5. The number of nitriles is 1. The minimum Gasteiger partial charge on any atom is -0.461 e. The standard InChI is InChI=1S/C27H37N7O2/c1-7-18(5)32-25-23(24(29-6)17(3)4)21(13-22(33-25)26(35)36-8-2)20-15-30-27(31-16-20)34-11-9-19(14-28)10-12-34/h13,15-19H,7-12H2,1-6H3,(H,32,33)/b29-24-. The van der Waals surface area contributed by atoms with E-state index in [0.29, 0.717) is 11.8 Å². The molecule has 0 saturated carbocycles. The summed E-state index contributed by atoms with van der Waals surface area (Å²) in [6.07, 6.45) is 6.09. The number of pyridine rings is 1. The van der Waals surface area contributed by atoms with Crippen molar-refractivity contribution in [3.63, 3.8) is 0 Å². The van der Waals surface area contributed by atoms with Crippen molar-refractivity contribution < 1.29 is 9.53 Å². The Hall–Kier alpha value is -3.54. The molecule has 36 heavy (non-hydrogen) atoms. The van der Waals surface area contributed by atoms with Gasteiger partial charge in [-0.15, -0.1) is 0 Å². The van der Waals surface area contributed by atoms with E-state index in [1.807, 2.05) is 0 Å². The maximum absolute atomic E-state index is 12.7. The van der Waals surface area contributed by atoms with Crippen LogP contribution in [0.5, 0.6) is 0 Å². The Bertz CT molecular complexity index is 1110. The molecule has 3 rings (SSSR count). The number of hydrogen-bond acceptors (Lipinski definition) is 9. The lowest BCUT2D eigenvalue weighted by molar-refractivity contribution is 0.0519. The third-order valence-electron chi connectivity index (χ3n) is 6.45. The molecule has 0 spiro atoms. The number of piperidine rings is 1. The Balaban J connectivity index is 2.12. The first-order valence-electron chi connectivity index (χ1n) is 12.7. The summed E-state index contributed by atoms with van der Waals surface area (Å²) < 4.78 is 5.28. The van der Waals surface area contributed by atoms with Crippen LogP contribution in [0.3, 0.4) is 0 Å². The van der Waals surface area contributed by atoms with Gasteiger partial charge in [0.2, 0.25) is 5.95 Å². The number of aliphatic imine (C=N–C) groups is 1. The van der Waals surface area contributed by atoms with Crippen LogP contribution in [-0.2, 0) is 4.74 Å². The number of hydrogen-bond donors (Lipinski definition) is 1. The SMILES string of the molecule is CCOC(=O)c1cc(-c2cnc(N3CCC(C#N)CC3)nc2)c(/C(=N\C)C(C)C)c(NC(C)CC)n1. The van der Waals surface area contributed by atoms with Crippen LogP contribution in [0.25, 0.3) is 11.1 Å². The summed E-state index contributed by atoms with van der Waals surface area (Å²) in [5, 5.41) is 12.7. The maximum atomic E-state index is 12.7. The molecule has 1 atom stereocenters. The lowest BCUT2D eigenvalue weighted by atomic mass is 9.92. The van der Waals surface area contributed by atoms with Gasteiger partial charge in [-0.05, 0) is 50.7 Å². The Morgan fingerprint density at radius 2 is 1.92 bits per heavy atom. The van der Waals surface area contributed by atoms with E-state index in [-0.39, 0.29) is 30.2 Å². The summed E-state index contributed by atoms with van der Waals surface area (Å²) in [5.41, 5.74) is 3.49. The number of anilines is 2. The van der Waals surface area contributed by atoms with Gasteiger partial charge in [-0.25, -0.2) is 19.7 Å². The van der Waals surface area contributed by atoms with Crippen molar-refractivity contribution >= 4 is 23.4 Å². The third kappa shape index (κ3) is 6.17. The summed E-state index contributed by atoms with van der Waals surface area (Å²) in [5.74, 6) is 0.989. The maximum Gasteiger partial charge on any atom is 0.357 e. The summed E-state index contributed by atoms with van der Waals surface area (Å²) in [4.78, 5) is 33.4. The van der Waals surface area contributed by atoms with Crippen molar-refractivity contribution in [3.05, 3.63) is 29.7 Å². The van der Waals surface area contributed by atoms with E-state index in [2.05, 4.69) is 63.9 Å². The van der Waals surface area contributed by atoms with Crippen molar-refractivity contribution in [1.82, 2.24) is 15.0 Å². The lowest BCUT2D eigenvalue weighted by Gasteiger charge is -2.29. The van der Waals surface area contributed by atoms with Crippen molar-refractivity contribution in [1.29, 1.82) is 5.26 Å². The van der Waals surface area contributed by atoms with Gasteiger partial charge in [-0.2, -0.15) is 5.26 Å². The van der Waals surface area contributed by atoms with Crippen LogP contribution < -0.4 is 10.2 Å². The fourth-order valence-electron chi connectivity index (χ4n) is 4.27. The molecule has 9 nitrogen and oxygen atoms in total. The number of ether oxygens (including phenoxy) is 1. The van der Waals surface area contributed by atoms with Crippen LogP contribution >= 0.6 is 0 Å². The van der Waals surface area contributed by atoms with Gasteiger partial charge in [-0.1, -0.05) is 20.8 Å². The Kier molecular flexibility index (Phi) is 9.34. The van der Waals surface area contributed by atoms with Crippen LogP contribution in [0.1, 0.15) is 69.9 Å². The van der Waals surface area contributed by atoms with Gasteiger partial charge in [0.05, 0.1) is 12.7 Å². The van der Waals surface area contributed by atoms with E-state index in [0.717, 1.165) is 54.8 Å². The summed E-state index contributed by atoms with van der Waals surface area (Å²) in [6, 6.07) is 4.25. The molecule has 9 heteroatoms. The van der Waals surface area contributed by atoms with Crippen LogP contribution in [-0.4, -0.2) is 59.4 Å². The molecule has 0 radical (unpaired) electrons. The molecule has 0 aliphatic carbocycles. The molecule has 0 aromatic carbocycles.